The zero-order valence-electron chi connectivity index (χ0n) is 10.3. The molecule has 1 N–H and O–H groups in total. The van der Waals surface area contributed by atoms with Crippen molar-refractivity contribution in [1.82, 2.24) is 9.55 Å². The van der Waals surface area contributed by atoms with E-state index >= 15 is 0 Å². The van der Waals surface area contributed by atoms with Crippen LogP contribution in [0.4, 0.5) is 0 Å². The summed E-state index contributed by atoms with van der Waals surface area (Å²) in [5.74, 6) is 1.03. The molecule has 2 nitrogen and oxygen atoms in total. The number of benzene rings is 2. The van der Waals surface area contributed by atoms with Crippen LogP contribution >= 0.6 is 0 Å². The van der Waals surface area contributed by atoms with Gasteiger partial charge in [-0.1, -0.05) is 41.9 Å². The van der Waals surface area contributed by atoms with E-state index in [4.69, 9.17) is 7.85 Å². The maximum atomic E-state index is 6.19. The summed E-state index contributed by atoms with van der Waals surface area (Å²) >= 11 is 0. The fraction of sp³-hybridized carbons (Fsp3) is 0. The van der Waals surface area contributed by atoms with Gasteiger partial charge in [-0.15, -0.1) is 0 Å². The van der Waals surface area contributed by atoms with E-state index in [1.165, 1.54) is 10.8 Å². The lowest BCUT2D eigenvalue weighted by Gasteiger charge is -2.06. The maximum Gasteiger partial charge on any atom is 0.116 e. The molecule has 4 rings (SSSR count). The first-order valence-corrected chi connectivity index (χ1v) is 6.27. The zero-order valence-corrected chi connectivity index (χ0v) is 10.3. The highest BCUT2D eigenvalue weighted by Crippen LogP contribution is 2.29. The Hall–Kier alpha value is -2.42. The summed E-state index contributed by atoms with van der Waals surface area (Å²) in [6.07, 6.45) is 1.93. The summed E-state index contributed by atoms with van der Waals surface area (Å²) < 4.78 is 2.18. The normalized spacial score (nSPS) is 11.4. The molecule has 0 unspecified atom stereocenters. The molecule has 2 aromatic heterocycles. The molecule has 0 atom stereocenters. The smallest absolute Gasteiger partial charge is 0.116 e. The Morgan fingerprint density at radius 3 is 2.53 bits per heavy atom. The molecule has 0 amide bonds. The van der Waals surface area contributed by atoms with E-state index in [1.54, 1.807) is 0 Å². The Morgan fingerprint density at radius 1 is 0.842 bits per heavy atom. The number of hydrogen-bond acceptors (Lipinski definition) is 0. The first-order chi connectivity index (χ1) is 9.36. The molecule has 4 aromatic rings. The SMILES string of the molecule is [B]c1cccc2c3ccccc3n(-c3ccc[nH]3)c12. The largest absolute Gasteiger partial charge is 0.348 e. The van der Waals surface area contributed by atoms with Crippen molar-refractivity contribution in [3.8, 4) is 5.82 Å². The molecule has 2 radical (unpaired) electrons. The van der Waals surface area contributed by atoms with Crippen LogP contribution in [0.2, 0.25) is 0 Å². The van der Waals surface area contributed by atoms with E-state index in [0.29, 0.717) is 0 Å². The van der Waals surface area contributed by atoms with Gasteiger partial charge in [-0.25, -0.2) is 0 Å². The van der Waals surface area contributed by atoms with Crippen LogP contribution in [0.15, 0.2) is 60.8 Å². The number of hydrogen-bond donors (Lipinski definition) is 1. The van der Waals surface area contributed by atoms with E-state index in [1.807, 2.05) is 24.4 Å². The minimum absolute atomic E-state index is 0.795. The number of H-pyrrole nitrogens is 1. The number of aromatic nitrogens is 2. The monoisotopic (exact) mass is 242 g/mol. The van der Waals surface area contributed by atoms with Crippen molar-refractivity contribution in [2.75, 3.05) is 0 Å². The summed E-state index contributed by atoms with van der Waals surface area (Å²) in [7, 11) is 6.19. The van der Waals surface area contributed by atoms with Crippen LogP contribution in [0.3, 0.4) is 0 Å². The van der Waals surface area contributed by atoms with Gasteiger partial charge < -0.3 is 4.98 Å². The average Bonchev–Trinajstić information content (AvgIpc) is 3.04. The number of aromatic amines is 1. The van der Waals surface area contributed by atoms with Crippen molar-refractivity contribution >= 4 is 35.1 Å². The second-order valence-electron chi connectivity index (χ2n) is 4.65. The van der Waals surface area contributed by atoms with Crippen LogP contribution in [0, 0.1) is 0 Å². The third kappa shape index (κ3) is 1.38. The second-order valence-corrected chi connectivity index (χ2v) is 4.65. The lowest BCUT2D eigenvalue weighted by Crippen LogP contribution is -2.07. The van der Waals surface area contributed by atoms with Gasteiger partial charge in [-0.05, 0) is 18.2 Å². The maximum absolute atomic E-state index is 6.19. The Labute approximate surface area is 112 Å². The van der Waals surface area contributed by atoms with Crippen LogP contribution in [-0.4, -0.2) is 17.4 Å². The molecule has 0 fully saturated rings. The predicted octanol–water partition coefficient (Wildman–Crippen LogP) is 2.91. The third-order valence-electron chi connectivity index (χ3n) is 3.55. The summed E-state index contributed by atoms with van der Waals surface area (Å²) in [4.78, 5) is 3.26. The van der Waals surface area contributed by atoms with Gasteiger partial charge in [0.2, 0.25) is 0 Å². The summed E-state index contributed by atoms with van der Waals surface area (Å²) in [5, 5.41) is 2.41. The molecule has 2 aromatic carbocycles. The third-order valence-corrected chi connectivity index (χ3v) is 3.55. The van der Waals surface area contributed by atoms with Crippen LogP contribution in [0.25, 0.3) is 27.6 Å². The highest BCUT2D eigenvalue weighted by atomic mass is 15.1. The Morgan fingerprint density at radius 2 is 1.68 bits per heavy atom. The van der Waals surface area contributed by atoms with Crippen LogP contribution in [-0.2, 0) is 0 Å². The van der Waals surface area contributed by atoms with Crippen molar-refractivity contribution in [2.24, 2.45) is 0 Å². The van der Waals surface area contributed by atoms with Gasteiger partial charge in [0.1, 0.15) is 13.7 Å². The van der Waals surface area contributed by atoms with Gasteiger partial charge in [0.05, 0.1) is 5.52 Å². The highest BCUT2D eigenvalue weighted by molar-refractivity contribution is 6.39. The minimum atomic E-state index is 0.795. The molecule has 19 heavy (non-hydrogen) atoms. The number of fused-ring (bicyclic) bond motifs is 3. The molecular weight excluding hydrogens is 231 g/mol. The predicted molar refractivity (Wildman–Crippen MR) is 80.5 cm³/mol. The van der Waals surface area contributed by atoms with E-state index in [2.05, 4.69) is 45.9 Å². The fourth-order valence-corrected chi connectivity index (χ4v) is 2.76. The lowest BCUT2D eigenvalue weighted by atomic mass is 9.93. The van der Waals surface area contributed by atoms with E-state index in [-0.39, 0.29) is 0 Å². The molecule has 0 bridgehead atoms. The van der Waals surface area contributed by atoms with Gasteiger partial charge in [0.25, 0.3) is 0 Å². The molecule has 88 valence electrons. The molecule has 0 saturated heterocycles. The summed E-state index contributed by atoms with van der Waals surface area (Å²) in [6, 6.07) is 18.5. The fourth-order valence-electron chi connectivity index (χ4n) is 2.76. The molecule has 0 saturated carbocycles. The summed E-state index contributed by atoms with van der Waals surface area (Å²) in [6.45, 7) is 0. The van der Waals surface area contributed by atoms with Crippen molar-refractivity contribution in [3.63, 3.8) is 0 Å². The van der Waals surface area contributed by atoms with Gasteiger partial charge in [0.15, 0.2) is 0 Å². The van der Waals surface area contributed by atoms with Gasteiger partial charge >= 0.3 is 0 Å². The van der Waals surface area contributed by atoms with Gasteiger partial charge in [-0.3, -0.25) is 4.57 Å². The van der Waals surface area contributed by atoms with E-state index < -0.39 is 0 Å². The number of nitrogens with one attached hydrogen (secondary N) is 1. The highest BCUT2D eigenvalue weighted by Gasteiger charge is 2.12. The zero-order chi connectivity index (χ0) is 12.8. The van der Waals surface area contributed by atoms with Crippen molar-refractivity contribution in [3.05, 3.63) is 60.8 Å². The molecule has 0 aliphatic carbocycles. The van der Waals surface area contributed by atoms with Gasteiger partial charge in [0, 0.05) is 22.5 Å². The quantitative estimate of drug-likeness (QED) is 0.495. The number of rotatable bonds is 1. The Bertz CT molecular complexity index is 872. The molecule has 0 aliphatic rings. The second kappa shape index (κ2) is 3.79. The molecule has 2 heterocycles. The summed E-state index contributed by atoms with van der Waals surface area (Å²) in [5.41, 5.74) is 3.02. The molecule has 0 aliphatic heterocycles. The Kier molecular flexibility index (Phi) is 2.09. The van der Waals surface area contributed by atoms with Crippen LogP contribution in [0.1, 0.15) is 0 Å². The van der Waals surface area contributed by atoms with Crippen molar-refractivity contribution in [2.45, 2.75) is 0 Å². The molecule has 3 heteroatoms. The first kappa shape index (κ1) is 10.5. The topological polar surface area (TPSA) is 20.7 Å². The van der Waals surface area contributed by atoms with Crippen molar-refractivity contribution in [1.29, 1.82) is 0 Å². The number of nitrogens with zero attached hydrogens (tertiary/aromatic N) is 1. The Balaban J connectivity index is 2.31. The molecule has 0 spiro atoms. The minimum Gasteiger partial charge on any atom is -0.348 e. The van der Waals surface area contributed by atoms with Crippen molar-refractivity contribution < 1.29 is 0 Å². The first-order valence-electron chi connectivity index (χ1n) is 6.27. The van der Waals surface area contributed by atoms with E-state index in [0.717, 1.165) is 22.3 Å². The van der Waals surface area contributed by atoms with Gasteiger partial charge in [-0.2, -0.15) is 0 Å². The van der Waals surface area contributed by atoms with Crippen LogP contribution < -0.4 is 5.46 Å². The average molecular weight is 242 g/mol. The molecular formula is C16H11BN2. The standard InChI is InChI=1S/C16H11BN2/c17-13-7-3-6-12-11-5-1-2-8-14(11)19(16(12)13)15-9-4-10-18-15/h1-10,18H. The van der Waals surface area contributed by atoms with E-state index in [9.17, 15) is 0 Å². The lowest BCUT2D eigenvalue weighted by molar-refractivity contribution is 1.11. The van der Waals surface area contributed by atoms with Crippen LogP contribution in [0.5, 0.6) is 0 Å². The number of para-hydroxylation sites is 2.